The van der Waals surface area contributed by atoms with E-state index >= 15 is 0 Å². The largest absolute Gasteiger partial charge is 0.695 e. The minimum atomic E-state index is -2.75. The monoisotopic (exact) mass is 365 g/mol. The second kappa shape index (κ2) is 11.6. The Morgan fingerprint density at radius 2 is 1.36 bits per heavy atom. The molecule has 0 amide bonds. The molecule has 0 radical (unpaired) electrons. The lowest BCUT2D eigenvalue weighted by Gasteiger charge is -2.13. The van der Waals surface area contributed by atoms with E-state index in [4.69, 9.17) is 18.9 Å². The summed E-state index contributed by atoms with van der Waals surface area (Å²) in [7, 11) is 0.379. The SMILES string of the molecule is CCCC.COc1cccc(C(O[P+](=O)O)c2cccc(OC)c2)c1. The zero-order chi connectivity index (χ0) is 18.7. The summed E-state index contributed by atoms with van der Waals surface area (Å²) in [4.78, 5) is 9.12. The molecule has 0 saturated carbocycles. The Labute approximate surface area is 150 Å². The molecule has 0 fully saturated rings. The fourth-order valence-corrected chi connectivity index (χ4v) is 2.44. The van der Waals surface area contributed by atoms with Gasteiger partial charge in [-0.1, -0.05) is 51.0 Å². The second-order valence-electron chi connectivity index (χ2n) is 5.28. The molecule has 2 aromatic rings. The van der Waals surface area contributed by atoms with Crippen LogP contribution in [0.3, 0.4) is 0 Å². The minimum Gasteiger partial charge on any atom is -0.497 e. The van der Waals surface area contributed by atoms with Crippen LogP contribution in [0.1, 0.15) is 43.9 Å². The molecule has 1 N–H and O–H groups in total. The molecule has 0 heterocycles. The van der Waals surface area contributed by atoms with Crippen LogP contribution in [0.4, 0.5) is 0 Å². The minimum absolute atomic E-state index is 0.650. The van der Waals surface area contributed by atoms with Gasteiger partial charge in [0.05, 0.1) is 14.2 Å². The van der Waals surface area contributed by atoms with Crippen molar-refractivity contribution in [3.05, 3.63) is 59.7 Å². The highest BCUT2D eigenvalue weighted by Gasteiger charge is 2.27. The van der Waals surface area contributed by atoms with Gasteiger partial charge in [-0.15, -0.1) is 9.42 Å². The number of methoxy groups -OCH3 is 2. The maximum Gasteiger partial charge on any atom is 0.695 e. The van der Waals surface area contributed by atoms with Crippen molar-refractivity contribution in [2.24, 2.45) is 0 Å². The van der Waals surface area contributed by atoms with E-state index < -0.39 is 14.4 Å². The van der Waals surface area contributed by atoms with Crippen molar-refractivity contribution in [2.75, 3.05) is 14.2 Å². The van der Waals surface area contributed by atoms with Gasteiger partial charge in [-0.05, 0) is 35.4 Å². The first-order chi connectivity index (χ1) is 12.0. The molecular formula is C19H26O5P+. The van der Waals surface area contributed by atoms with E-state index in [0.717, 1.165) is 11.1 Å². The lowest BCUT2D eigenvalue weighted by Crippen LogP contribution is -2.03. The third-order valence-corrected chi connectivity index (χ3v) is 3.88. The third kappa shape index (κ3) is 7.22. The standard InChI is InChI=1S/C15H15O5P.C4H10/c1-18-13-7-3-5-11(9-13)15(20-21(16)17)12-6-4-8-14(10-12)19-2;1-3-4-2/h3-10,15H,1-2H3;3-4H2,1-2H3/p+1. The Morgan fingerprint density at radius 3 is 1.68 bits per heavy atom. The van der Waals surface area contributed by atoms with E-state index in [1.54, 1.807) is 50.6 Å². The molecule has 2 rings (SSSR count). The van der Waals surface area contributed by atoms with Crippen LogP contribution in [0.5, 0.6) is 11.5 Å². The van der Waals surface area contributed by atoms with Gasteiger partial charge >= 0.3 is 8.25 Å². The van der Waals surface area contributed by atoms with Crippen LogP contribution in [0.25, 0.3) is 0 Å². The van der Waals surface area contributed by atoms with Crippen LogP contribution >= 0.6 is 8.25 Å². The molecule has 25 heavy (non-hydrogen) atoms. The smallest absolute Gasteiger partial charge is 0.497 e. The lowest BCUT2D eigenvalue weighted by atomic mass is 10.0. The van der Waals surface area contributed by atoms with Crippen LogP contribution in [0, 0.1) is 0 Å². The Hall–Kier alpha value is -1.94. The number of hydrogen-bond acceptors (Lipinski definition) is 4. The first-order valence-corrected chi connectivity index (χ1v) is 9.29. The Balaban J connectivity index is 0.000000705. The Kier molecular flexibility index (Phi) is 9.78. The van der Waals surface area contributed by atoms with Gasteiger partial charge in [-0.2, -0.15) is 0 Å². The first-order valence-electron chi connectivity index (χ1n) is 8.16. The fourth-order valence-electron chi connectivity index (χ4n) is 2.01. The fraction of sp³-hybridized carbons (Fsp3) is 0.368. The topological polar surface area (TPSA) is 65.0 Å². The van der Waals surface area contributed by atoms with Crippen molar-refractivity contribution >= 4 is 8.25 Å². The molecule has 136 valence electrons. The lowest BCUT2D eigenvalue weighted by molar-refractivity contribution is 0.225. The number of ether oxygens (including phenoxy) is 2. The molecule has 0 spiro atoms. The maximum absolute atomic E-state index is 11.1. The van der Waals surface area contributed by atoms with Crippen molar-refractivity contribution in [1.82, 2.24) is 0 Å². The average molecular weight is 365 g/mol. The van der Waals surface area contributed by atoms with Gasteiger partial charge in [0.25, 0.3) is 0 Å². The molecule has 0 aliphatic rings. The molecule has 1 atom stereocenters. The molecular weight excluding hydrogens is 339 g/mol. The molecule has 0 bridgehead atoms. The molecule has 0 aromatic heterocycles. The summed E-state index contributed by atoms with van der Waals surface area (Å²) in [5.41, 5.74) is 1.44. The summed E-state index contributed by atoms with van der Waals surface area (Å²) in [6.45, 7) is 4.36. The maximum atomic E-state index is 11.1. The number of benzene rings is 2. The zero-order valence-electron chi connectivity index (χ0n) is 15.1. The highest BCUT2D eigenvalue weighted by atomic mass is 31.1. The summed E-state index contributed by atoms with van der Waals surface area (Å²) in [5, 5.41) is 0. The van der Waals surface area contributed by atoms with E-state index in [-0.39, 0.29) is 0 Å². The van der Waals surface area contributed by atoms with Crippen LogP contribution in [-0.4, -0.2) is 19.1 Å². The summed E-state index contributed by atoms with van der Waals surface area (Å²) in [6, 6.07) is 14.4. The summed E-state index contributed by atoms with van der Waals surface area (Å²) in [5.74, 6) is 1.30. The number of rotatable bonds is 7. The van der Waals surface area contributed by atoms with Gasteiger partial charge < -0.3 is 9.47 Å². The Bertz CT molecular complexity index is 610. The van der Waals surface area contributed by atoms with E-state index in [2.05, 4.69) is 13.8 Å². The molecule has 1 unspecified atom stereocenters. The highest BCUT2D eigenvalue weighted by molar-refractivity contribution is 7.32. The molecule has 0 saturated heterocycles. The van der Waals surface area contributed by atoms with Gasteiger partial charge in [0.2, 0.25) is 0 Å². The van der Waals surface area contributed by atoms with Crippen molar-refractivity contribution in [3.63, 3.8) is 0 Å². The van der Waals surface area contributed by atoms with Crippen LogP contribution in [0.2, 0.25) is 0 Å². The first kappa shape index (κ1) is 21.1. The van der Waals surface area contributed by atoms with E-state index in [0.29, 0.717) is 11.5 Å². The van der Waals surface area contributed by atoms with Gasteiger partial charge in [0.1, 0.15) is 11.5 Å². The summed E-state index contributed by atoms with van der Waals surface area (Å²) in [6.07, 6.45) is 1.96. The zero-order valence-corrected chi connectivity index (χ0v) is 16.0. The summed E-state index contributed by atoms with van der Waals surface area (Å²) < 4.78 is 26.7. The van der Waals surface area contributed by atoms with E-state index in [1.165, 1.54) is 12.8 Å². The van der Waals surface area contributed by atoms with Crippen molar-refractivity contribution in [2.45, 2.75) is 32.8 Å². The highest BCUT2D eigenvalue weighted by Crippen LogP contribution is 2.36. The van der Waals surface area contributed by atoms with Gasteiger partial charge in [0.15, 0.2) is 6.10 Å². The number of unbranched alkanes of at least 4 members (excludes halogenated alkanes) is 1. The summed E-state index contributed by atoms with van der Waals surface area (Å²) >= 11 is 0. The van der Waals surface area contributed by atoms with Gasteiger partial charge in [0, 0.05) is 4.57 Å². The number of hydrogen-bond donors (Lipinski definition) is 1. The normalized spacial score (nSPS) is 10.7. The quantitative estimate of drug-likeness (QED) is 0.678. The second-order valence-corrected chi connectivity index (χ2v) is 5.96. The van der Waals surface area contributed by atoms with Gasteiger partial charge in [-0.3, -0.25) is 0 Å². The van der Waals surface area contributed by atoms with Crippen molar-refractivity contribution in [3.8, 4) is 11.5 Å². The Morgan fingerprint density at radius 1 is 0.920 bits per heavy atom. The molecule has 6 heteroatoms. The third-order valence-electron chi connectivity index (χ3n) is 3.49. The predicted octanol–water partition coefficient (Wildman–Crippen LogP) is 5.27. The molecule has 0 aliphatic carbocycles. The van der Waals surface area contributed by atoms with Crippen molar-refractivity contribution in [1.29, 1.82) is 0 Å². The van der Waals surface area contributed by atoms with Crippen LogP contribution < -0.4 is 9.47 Å². The van der Waals surface area contributed by atoms with E-state index in [9.17, 15) is 4.57 Å². The van der Waals surface area contributed by atoms with Crippen LogP contribution in [0.15, 0.2) is 48.5 Å². The average Bonchev–Trinajstić information content (AvgIpc) is 2.66. The molecule has 5 nitrogen and oxygen atoms in total. The molecule has 0 aliphatic heterocycles. The molecule has 2 aromatic carbocycles. The van der Waals surface area contributed by atoms with Crippen molar-refractivity contribution < 1.29 is 23.5 Å². The predicted molar refractivity (Wildman–Crippen MR) is 99.3 cm³/mol. The van der Waals surface area contributed by atoms with E-state index in [1.807, 2.05) is 12.1 Å². The van der Waals surface area contributed by atoms with Gasteiger partial charge in [-0.25, -0.2) is 0 Å². The van der Waals surface area contributed by atoms with Crippen LogP contribution in [-0.2, 0) is 9.09 Å².